The van der Waals surface area contributed by atoms with Crippen LogP contribution in [0, 0.1) is 10.1 Å². The van der Waals surface area contributed by atoms with Crippen LogP contribution in [0.25, 0.3) is 22.4 Å². The molecule has 0 aliphatic carbocycles. The van der Waals surface area contributed by atoms with Gasteiger partial charge < -0.3 is 15.0 Å². The van der Waals surface area contributed by atoms with E-state index in [9.17, 15) is 14.9 Å². The second kappa shape index (κ2) is 9.03. The number of likely N-dealkylation sites (N-methyl/N-ethyl adjacent to an activating group) is 1. The maximum Gasteiger partial charge on any atom is 0.324 e. The van der Waals surface area contributed by atoms with Gasteiger partial charge in [-0.15, -0.1) is 0 Å². The summed E-state index contributed by atoms with van der Waals surface area (Å²) in [5.41, 5.74) is 1.04. The third-order valence-electron chi connectivity index (χ3n) is 4.32. The Bertz CT molecular complexity index is 1270. The van der Waals surface area contributed by atoms with Crippen molar-refractivity contribution in [1.29, 1.82) is 0 Å². The summed E-state index contributed by atoms with van der Waals surface area (Å²) in [6.45, 7) is 1.27. The Morgan fingerprint density at radius 3 is 2.78 bits per heavy atom. The molecule has 13 heteroatoms. The number of nitro groups is 1. The van der Waals surface area contributed by atoms with Crippen molar-refractivity contribution >= 4 is 39.1 Å². The summed E-state index contributed by atoms with van der Waals surface area (Å²) in [7, 11) is 3.91. The van der Waals surface area contributed by atoms with E-state index in [4.69, 9.17) is 4.74 Å². The van der Waals surface area contributed by atoms with E-state index in [0.29, 0.717) is 34.9 Å². The van der Waals surface area contributed by atoms with Crippen LogP contribution in [-0.4, -0.2) is 68.1 Å². The van der Waals surface area contributed by atoms with Crippen LogP contribution >= 0.6 is 11.3 Å². The molecule has 12 nitrogen and oxygen atoms in total. The van der Waals surface area contributed by atoms with Crippen LogP contribution in [-0.2, 0) is 0 Å². The van der Waals surface area contributed by atoms with Crippen LogP contribution in [0.15, 0.2) is 36.7 Å². The van der Waals surface area contributed by atoms with Crippen molar-refractivity contribution in [2.75, 3.05) is 32.6 Å². The fourth-order valence-corrected chi connectivity index (χ4v) is 3.42. The number of amides is 1. The van der Waals surface area contributed by atoms with Gasteiger partial charge in [-0.1, -0.05) is 11.3 Å². The number of hydrogen-bond acceptors (Lipinski definition) is 10. The smallest absolute Gasteiger partial charge is 0.324 e. The van der Waals surface area contributed by atoms with Crippen LogP contribution in [0.3, 0.4) is 0 Å². The van der Waals surface area contributed by atoms with Crippen molar-refractivity contribution in [2.45, 2.75) is 0 Å². The summed E-state index contributed by atoms with van der Waals surface area (Å²) < 4.78 is 5.60. The van der Waals surface area contributed by atoms with Gasteiger partial charge in [0.1, 0.15) is 12.4 Å². The fourth-order valence-electron chi connectivity index (χ4n) is 2.71. The molecule has 0 unspecified atom stereocenters. The molecular formula is C19H18N8O4S. The second-order valence-corrected chi connectivity index (χ2v) is 7.98. The number of aromatic nitrogens is 5. The predicted octanol–water partition coefficient (Wildman–Crippen LogP) is 2.58. The molecule has 0 atom stereocenters. The van der Waals surface area contributed by atoms with Gasteiger partial charge in [-0.05, 0) is 26.2 Å². The first kappa shape index (κ1) is 21.3. The molecule has 4 aromatic heterocycles. The van der Waals surface area contributed by atoms with E-state index >= 15 is 0 Å². The van der Waals surface area contributed by atoms with E-state index in [1.54, 1.807) is 18.3 Å². The number of anilines is 1. The van der Waals surface area contributed by atoms with E-state index in [2.05, 4.69) is 30.5 Å². The van der Waals surface area contributed by atoms with Crippen LogP contribution in [0.4, 0.5) is 10.8 Å². The molecule has 0 saturated carbocycles. The van der Waals surface area contributed by atoms with Gasteiger partial charge in [0.2, 0.25) is 5.88 Å². The lowest BCUT2D eigenvalue weighted by Gasteiger charge is -2.10. The summed E-state index contributed by atoms with van der Waals surface area (Å²) in [6.07, 6.45) is 3.07. The Morgan fingerprint density at radius 1 is 1.25 bits per heavy atom. The lowest BCUT2D eigenvalue weighted by Crippen LogP contribution is -2.19. The van der Waals surface area contributed by atoms with Crippen molar-refractivity contribution < 1.29 is 14.5 Å². The van der Waals surface area contributed by atoms with Gasteiger partial charge in [0.15, 0.2) is 11.5 Å². The normalized spacial score (nSPS) is 11.1. The average molecular weight is 454 g/mol. The summed E-state index contributed by atoms with van der Waals surface area (Å²) >= 11 is 0.781. The summed E-state index contributed by atoms with van der Waals surface area (Å²) in [4.78, 5) is 38.3. The number of H-pyrrole nitrogens is 1. The SMILES string of the molecule is CN(C)CCOc1ccc(-c2nc(NC(=O)c3ccc([N+](=O)[O-])s3)c3cn[nH]c3n2)cn1. The zero-order valence-electron chi connectivity index (χ0n) is 17.1. The summed E-state index contributed by atoms with van der Waals surface area (Å²) in [6, 6.07) is 6.16. The van der Waals surface area contributed by atoms with Crippen molar-refractivity contribution in [3.63, 3.8) is 0 Å². The minimum absolute atomic E-state index is 0.119. The minimum Gasteiger partial charge on any atom is -0.476 e. The van der Waals surface area contributed by atoms with Gasteiger partial charge in [-0.2, -0.15) is 5.10 Å². The van der Waals surface area contributed by atoms with E-state index in [0.717, 1.165) is 17.9 Å². The van der Waals surface area contributed by atoms with Gasteiger partial charge in [0.05, 0.1) is 21.4 Å². The average Bonchev–Trinajstić information content (AvgIpc) is 3.44. The molecule has 1 amide bonds. The first-order valence-corrected chi connectivity index (χ1v) is 10.2. The van der Waals surface area contributed by atoms with Crippen molar-refractivity contribution in [3.05, 3.63) is 51.7 Å². The molecule has 164 valence electrons. The third-order valence-corrected chi connectivity index (χ3v) is 5.36. The molecule has 0 spiro atoms. The molecule has 32 heavy (non-hydrogen) atoms. The highest BCUT2D eigenvalue weighted by molar-refractivity contribution is 7.17. The van der Waals surface area contributed by atoms with Gasteiger partial charge >= 0.3 is 5.00 Å². The molecule has 0 aliphatic rings. The monoisotopic (exact) mass is 454 g/mol. The Balaban J connectivity index is 1.57. The van der Waals surface area contributed by atoms with E-state index in [1.165, 1.54) is 18.3 Å². The largest absolute Gasteiger partial charge is 0.476 e. The first-order chi connectivity index (χ1) is 15.4. The highest BCUT2D eigenvalue weighted by Crippen LogP contribution is 2.27. The van der Waals surface area contributed by atoms with Crippen LogP contribution < -0.4 is 10.1 Å². The van der Waals surface area contributed by atoms with Gasteiger partial charge in [0, 0.05) is 30.4 Å². The number of thiophene rings is 1. The lowest BCUT2D eigenvalue weighted by molar-refractivity contribution is -0.380. The van der Waals surface area contributed by atoms with E-state index in [-0.39, 0.29) is 15.7 Å². The Morgan fingerprint density at radius 2 is 2.09 bits per heavy atom. The highest BCUT2D eigenvalue weighted by atomic mass is 32.1. The maximum absolute atomic E-state index is 12.6. The Kier molecular flexibility index (Phi) is 6.00. The van der Waals surface area contributed by atoms with Crippen LogP contribution in [0.1, 0.15) is 9.67 Å². The molecule has 2 N–H and O–H groups in total. The molecular weight excluding hydrogens is 436 g/mol. The summed E-state index contributed by atoms with van der Waals surface area (Å²) in [5, 5.41) is 20.7. The Hall–Kier alpha value is -3.97. The van der Waals surface area contributed by atoms with E-state index < -0.39 is 10.8 Å². The first-order valence-electron chi connectivity index (χ1n) is 9.41. The Labute approximate surface area is 185 Å². The number of carbonyl (C=O) groups excluding carboxylic acids is 1. The molecule has 4 heterocycles. The van der Waals surface area contributed by atoms with Crippen molar-refractivity contribution in [3.8, 4) is 17.3 Å². The fraction of sp³-hybridized carbons (Fsp3) is 0.211. The zero-order chi connectivity index (χ0) is 22.7. The third kappa shape index (κ3) is 4.68. The quantitative estimate of drug-likeness (QED) is 0.302. The number of carbonyl (C=O) groups is 1. The van der Waals surface area contributed by atoms with Gasteiger partial charge in [-0.25, -0.2) is 15.0 Å². The maximum atomic E-state index is 12.6. The van der Waals surface area contributed by atoms with E-state index in [1.807, 2.05) is 19.0 Å². The number of rotatable bonds is 8. The van der Waals surface area contributed by atoms with Crippen LogP contribution in [0.2, 0.25) is 0 Å². The number of fused-ring (bicyclic) bond motifs is 1. The van der Waals surface area contributed by atoms with Gasteiger partial charge in [-0.3, -0.25) is 20.0 Å². The topological polar surface area (TPSA) is 152 Å². The lowest BCUT2D eigenvalue weighted by atomic mass is 10.2. The highest BCUT2D eigenvalue weighted by Gasteiger charge is 2.18. The molecule has 0 saturated heterocycles. The molecule has 4 rings (SSSR count). The van der Waals surface area contributed by atoms with Crippen LogP contribution in [0.5, 0.6) is 5.88 Å². The second-order valence-electron chi connectivity index (χ2n) is 6.91. The van der Waals surface area contributed by atoms with Crippen molar-refractivity contribution in [1.82, 2.24) is 30.0 Å². The summed E-state index contributed by atoms with van der Waals surface area (Å²) in [5.74, 6) is 0.511. The predicted molar refractivity (Wildman–Crippen MR) is 118 cm³/mol. The zero-order valence-corrected chi connectivity index (χ0v) is 17.9. The number of hydrogen-bond donors (Lipinski definition) is 2. The van der Waals surface area contributed by atoms with Gasteiger partial charge in [0.25, 0.3) is 5.91 Å². The molecule has 0 fully saturated rings. The minimum atomic E-state index is -0.542. The number of nitrogens with zero attached hydrogens (tertiary/aromatic N) is 6. The molecule has 0 radical (unpaired) electrons. The number of nitrogens with one attached hydrogen (secondary N) is 2. The molecule has 0 aromatic carbocycles. The molecule has 0 bridgehead atoms. The molecule has 4 aromatic rings. The number of aromatic amines is 1. The standard InChI is InChI=1S/C19H18N8O4S/c1-26(2)7-8-31-14-5-3-11(9-20-14)16-22-17(12-10-21-25-18(12)23-16)24-19(28)13-4-6-15(32-13)27(29)30/h3-6,9-10H,7-8H2,1-2H3,(H2,21,22,23,24,25,28). The number of pyridine rings is 1. The number of ether oxygens (including phenoxy) is 1. The van der Waals surface area contributed by atoms with Crippen molar-refractivity contribution in [2.24, 2.45) is 0 Å². The molecule has 0 aliphatic heterocycles.